The fourth-order valence-electron chi connectivity index (χ4n) is 1.91. The molecular formula is C15H21N3O3. The number of nitrogens with two attached hydrogens (primary N) is 1. The minimum Gasteiger partial charge on any atom is -0.490 e. The molecule has 1 heterocycles. The number of hydrogen-bond donors (Lipinski definition) is 1. The van der Waals surface area contributed by atoms with Crippen molar-refractivity contribution in [3.8, 4) is 23.0 Å². The van der Waals surface area contributed by atoms with Crippen molar-refractivity contribution in [1.29, 1.82) is 0 Å². The first-order chi connectivity index (χ1) is 10.3. The van der Waals surface area contributed by atoms with Gasteiger partial charge in [-0.2, -0.15) is 0 Å². The van der Waals surface area contributed by atoms with Gasteiger partial charge in [0.1, 0.15) is 0 Å². The molecule has 21 heavy (non-hydrogen) atoms. The third-order valence-electron chi connectivity index (χ3n) is 2.85. The van der Waals surface area contributed by atoms with Crippen LogP contribution in [0.5, 0.6) is 11.5 Å². The number of rotatable bonds is 8. The number of ether oxygens (including phenoxy) is 2. The van der Waals surface area contributed by atoms with Crippen LogP contribution in [0.3, 0.4) is 0 Å². The van der Waals surface area contributed by atoms with E-state index in [2.05, 4.69) is 10.2 Å². The van der Waals surface area contributed by atoms with Gasteiger partial charge in [-0.1, -0.05) is 0 Å². The van der Waals surface area contributed by atoms with Gasteiger partial charge in [0.2, 0.25) is 11.8 Å². The molecule has 0 amide bonds. The van der Waals surface area contributed by atoms with E-state index in [1.165, 1.54) is 0 Å². The summed E-state index contributed by atoms with van der Waals surface area (Å²) in [5, 5.41) is 8.08. The molecule has 114 valence electrons. The third kappa shape index (κ3) is 3.95. The molecule has 1 aromatic carbocycles. The molecule has 0 aliphatic rings. The maximum atomic E-state index is 5.63. The smallest absolute Gasteiger partial charge is 0.247 e. The van der Waals surface area contributed by atoms with Gasteiger partial charge in [0, 0.05) is 12.0 Å². The second-order valence-electron chi connectivity index (χ2n) is 4.42. The maximum Gasteiger partial charge on any atom is 0.247 e. The molecule has 0 unspecified atom stereocenters. The molecule has 0 aliphatic heterocycles. The van der Waals surface area contributed by atoms with Gasteiger partial charge in [-0.25, -0.2) is 0 Å². The summed E-state index contributed by atoms with van der Waals surface area (Å²) in [6, 6.07) is 5.59. The van der Waals surface area contributed by atoms with Gasteiger partial charge in [-0.15, -0.1) is 10.2 Å². The Morgan fingerprint density at radius 3 is 2.57 bits per heavy atom. The normalized spacial score (nSPS) is 10.6. The molecule has 6 nitrogen and oxygen atoms in total. The summed E-state index contributed by atoms with van der Waals surface area (Å²) in [4.78, 5) is 0. The highest BCUT2D eigenvalue weighted by Gasteiger charge is 2.12. The Morgan fingerprint density at radius 2 is 1.86 bits per heavy atom. The van der Waals surface area contributed by atoms with E-state index in [0.29, 0.717) is 49.5 Å². The summed E-state index contributed by atoms with van der Waals surface area (Å²) in [7, 11) is 0. The number of aromatic nitrogens is 2. The van der Waals surface area contributed by atoms with Crippen molar-refractivity contribution in [1.82, 2.24) is 10.2 Å². The highest BCUT2D eigenvalue weighted by atomic mass is 16.5. The first kappa shape index (κ1) is 15.3. The molecule has 0 bridgehead atoms. The highest BCUT2D eigenvalue weighted by Crippen LogP contribution is 2.32. The molecule has 2 N–H and O–H groups in total. The van der Waals surface area contributed by atoms with Gasteiger partial charge in [-0.3, -0.25) is 0 Å². The lowest BCUT2D eigenvalue weighted by Crippen LogP contribution is -2.00. The summed E-state index contributed by atoms with van der Waals surface area (Å²) < 4.78 is 16.8. The van der Waals surface area contributed by atoms with E-state index in [0.717, 1.165) is 12.0 Å². The van der Waals surface area contributed by atoms with Crippen LogP contribution in [0.1, 0.15) is 26.2 Å². The van der Waals surface area contributed by atoms with Crippen molar-refractivity contribution in [3.63, 3.8) is 0 Å². The van der Waals surface area contributed by atoms with Gasteiger partial charge in [0.05, 0.1) is 13.2 Å². The van der Waals surface area contributed by atoms with E-state index in [9.17, 15) is 0 Å². The van der Waals surface area contributed by atoms with Crippen LogP contribution in [0.25, 0.3) is 11.5 Å². The van der Waals surface area contributed by atoms with Crippen molar-refractivity contribution in [2.75, 3.05) is 19.8 Å². The Balaban J connectivity index is 2.22. The molecule has 0 atom stereocenters. The van der Waals surface area contributed by atoms with E-state index in [4.69, 9.17) is 19.6 Å². The fourth-order valence-corrected chi connectivity index (χ4v) is 1.91. The molecule has 0 saturated carbocycles. The Labute approximate surface area is 124 Å². The Kier molecular flexibility index (Phi) is 5.57. The van der Waals surface area contributed by atoms with Gasteiger partial charge in [0.25, 0.3) is 0 Å². The number of aryl methyl sites for hydroxylation is 1. The van der Waals surface area contributed by atoms with E-state index in [-0.39, 0.29) is 0 Å². The molecule has 0 spiro atoms. The van der Waals surface area contributed by atoms with Crippen LogP contribution in [0.15, 0.2) is 22.6 Å². The molecule has 1 aromatic heterocycles. The quantitative estimate of drug-likeness (QED) is 0.804. The van der Waals surface area contributed by atoms with Crippen LogP contribution >= 0.6 is 0 Å². The van der Waals surface area contributed by atoms with Crippen LogP contribution in [0.2, 0.25) is 0 Å². The monoisotopic (exact) mass is 291 g/mol. The predicted molar refractivity (Wildman–Crippen MR) is 79.4 cm³/mol. The zero-order chi connectivity index (χ0) is 15.1. The summed E-state index contributed by atoms with van der Waals surface area (Å²) in [5.41, 5.74) is 6.29. The zero-order valence-electron chi connectivity index (χ0n) is 12.5. The number of nitrogens with zero attached hydrogens (tertiary/aromatic N) is 2. The SMILES string of the molecule is CCOc1ccc(-c2nnc(CCCN)o2)cc1OCC. The van der Waals surface area contributed by atoms with Crippen molar-refractivity contribution >= 4 is 0 Å². The average molecular weight is 291 g/mol. The predicted octanol–water partition coefficient (Wildman–Crippen LogP) is 2.43. The van der Waals surface area contributed by atoms with E-state index < -0.39 is 0 Å². The van der Waals surface area contributed by atoms with Crippen molar-refractivity contribution in [2.24, 2.45) is 5.73 Å². The zero-order valence-corrected chi connectivity index (χ0v) is 12.5. The Bertz CT molecular complexity index is 569. The van der Waals surface area contributed by atoms with Crippen molar-refractivity contribution < 1.29 is 13.9 Å². The first-order valence-corrected chi connectivity index (χ1v) is 7.21. The molecule has 0 aliphatic carbocycles. The summed E-state index contributed by atoms with van der Waals surface area (Å²) in [6.07, 6.45) is 1.52. The van der Waals surface area contributed by atoms with Crippen molar-refractivity contribution in [2.45, 2.75) is 26.7 Å². The van der Waals surface area contributed by atoms with Crippen LogP contribution in [-0.4, -0.2) is 30.0 Å². The standard InChI is InChI=1S/C15H21N3O3/c1-3-19-12-8-7-11(10-13(12)20-4-2)15-18-17-14(21-15)6-5-9-16/h7-8,10H,3-6,9,16H2,1-2H3. The largest absolute Gasteiger partial charge is 0.490 e. The van der Waals surface area contributed by atoms with Gasteiger partial charge in [-0.05, 0) is 45.0 Å². The lowest BCUT2D eigenvalue weighted by Gasteiger charge is -2.11. The first-order valence-electron chi connectivity index (χ1n) is 7.21. The topological polar surface area (TPSA) is 83.4 Å². The molecule has 2 aromatic rings. The second kappa shape index (κ2) is 7.64. The molecule has 2 rings (SSSR count). The molecule has 0 fully saturated rings. The molecule has 6 heteroatoms. The van der Waals surface area contributed by atoms with Crippen LogP contribution in [0, 0.1) is 0 Å². The third-order valence-corrected chi connectivity index (χ3v) is 2.85. The Morgan fingerprint density at radius 1 is 1.10 bits per heavy atom. The fraction of sp³-hybridized carbons (Fsp3) is 0.467. The van der Waals surface area contributed by atoms with Crippen LogP contribution in [-0.2, 0) is 6.42 Å². The molecule has 0 saturated heterocycles. The Hall–Kier alpha value is -2.08. The highest BCUT2D eigenvalue weighted by molar-refractivity contribution is 5.59. The van der Waals surface area contributed by atoms with Crippen molar-refractivity contribution in [3.05, 3.63) is 24.1 Å². The number of benzene rings is 1. The van der Waals surface area contributed by atoms with Crippen LogP contribution < -0.4 is 15.2 Å². The summed E-state index contributed by atoms with van der Waals surface area (Å²) in [5.74, 6) is 2.47. The average Bonchev–Trinajstić information content (AvgIpc) is 2.96. The maximum absolute atomic E-state index is 5.63. The lowest BCUT2D eigenvalue weighted by atomic mass is 10.2. The minimum atomic E-state index is 0.478. The molecule has 0 radical (unpaired) electrons. The minimum absolute atomic E-state index is 0.478. The van der Waals surface area contributed by atoms with Gasteiger partial charge in [0.15, 0.2) is 11.5 Å². The second-order valence-corrected chi connectivity index (χ2v) is 4.42. The number of hydrogen-bond acceptors (Lipinski definition) is 6. The summed E-state index contributed by atoms with van der Waals surface area (Å²) >= 11 is 0. The van der Waals surface area contributed by atoms with E-state index in [1.54, 1.807) is 0 Å². The van der Waals surface area contributed by atoms with Gasteiger partial charge >= 0.3 is 0 Å². The molecular weight excluding hydrogens is 270 g/mol. The van der Waals surface area contributed by atoms with Gasteiger partial charge < -0.3 is 19.6 Å². The lowest BCUT2D eigenvalue weighted by molar-refractivity contribution is 0.288. The summed E-state index contributed by atoms with van der Waals surface area (Å²) in [6.45, 7) is 5.62. The van der Waals surface area contributed by atoms with E-state index in [1.807, 2.05) is 32.0 Å². The van der Waals surface area contributed by atoms with E-state index >= 15 is 0 Å². The van der Waals surface area contributed by atoms with Crippen LogP contribution in [0.4, 0.5) is 0 Å².